The lowest BCUT2D eigenvalue weighted by Crippen LogP contribution is -2.28. The highest BCUT2D eigenvalue weighted by Crippen LogP contribution is 2.11. The molecule has 1 nitrogen and oxygen atoms in total. The maximum atomic E-state index is 3.53. The lowest BCUT2D eigenvalue weighted by atomic mass is 10.0. The minimum absolute atomic E-state index is 0.866. The number of alkyl halides is 1. The third kappa shape index (κ3) is 9.65. The molecule has 0 fully saturated rings. The number of hydrogen-bond donors (Lipinski definition) is 0. The average Bonchev–Trinajstić information content (AvgIpc) is 2.28. The Balaban J connectivity index is 3.71. The van der Waals surface area contributed by atoms with E-state index in [1.165, 1.54) is 58.2 Å². The molecule has 2 heteroatoms. The van der Waals surface area contributed by atoms with E-state index in [9.17, 15) is 0 Å². The third-order valence-corrected chi connectivity index (χ3v) is 3.65. The first-order valence-corrected chi connectivity index (χ1v) is 8.15. The van der Waals surface area contributed by atoms with Crippen molar-refractivity contribution in [2.45, 2.75) is 59.3 Å². The molecular formula is C14H30BrN. The Labute approximate surface area is 111 Å². The maximum Gasteiger partial charge on any atom is 0.00338 e. The van der Waals surface area contributed by atoms with Gasteiger partial charge in [0.25, 0.3) is 0 Å². The first-order chi connectivity index (χ1) is 7.74. The zero-order valence-electron chi connectivity index (χ0n) is 11.5. The molecule has 98 valence electrons. The van der Waals surface area contributed by atoms with Crippen LogP contribution in [0, 0.1) is 5.92 Å². The fraction of sp³-hybridized carbons (Fsp3) is 1.00. The molecule has 0 aliphatic rings. The van der Waals surface area contributed by atoms with Crippen molar-refractivity contribution in [1.82, 2.24) is 4.90 Å². The molecule has 0 aromatic carbocycles. The topological polar surface area (TPSA) is 3.24 Å². The Hall–Kier alpha value is 0.440. The van der Waals surface area contributed by atoms with E-state index in [0.717, 1.165) is 11.2 Å². The molecule has 1 atom stereocenters. The highest BCUT2D eigenvalue weighted by molar-refractivity contribution is 9.09. The third-order valence-electron chi connectivity index (χ3n) is 3.20. The molecule has 0 aromatic heterocycles. The number of nitrogens with zero attached hydrogens (tertiary/aromatic N) is 1. The second-order valence-corrected chi connectivity index (χ2v) is 5.71. The fourth-order valence-electron chi connectivity index (χ4n) is 1.83. The van der Waals surface area contributed by atoms with Crippen molar-refractivity contribution in [2.75, 3.05) is 25.0 Å². The molecule has 0 spiro atoms. The quantitative estimate of drug-likeness (QED) is 0.499. The van der Waals surface area contributed by atoms with Crippen LogP contribution >= 0.6 is 15.9 Å². The Morgan fingerprint density at radius 1 is 0.938 bits per heavy atom. The highest BCUT2D eigenvalue weighted by atomic mass is 79.9. The summed E-state index contributed by atoms with van der Waals surface area (Å²) in [6, 6.07) is 0. The van der Waals surface area contributed by atoms with Gasteiger partial charge in [-0.25, -0.2) is 0 Å². The van der Waals surface area contributed by atoms with Gasteiger partial charge < -0.3 is 4.90 Å². The summed E-state index contributed by atoms with van der Waals surface area (Å²) in [6.07, 6.45) is 8.03. The van der Waals surface area contributed by atoms with E-state index in [1.54, 1.807) is 0 Å². The van der Waals surface area contributed by atoms with Crippen LogP contribution in [0.1, 0.15) is 59.3 Å². The maximum absolute atomic E-state index is 3.53. The first-order valence-electron chi connectivity index (χ1n) is 7.02. The van der Waals surface area contributed by atoms with E-state index >= 15 is 0 Å². The van der Waals surface area contributed by atoms with E-state index in [-0.39, 0.29) is 0 Å². The van der Waals surface area contributed by atoms with Crippen LogP contribution in [0.5, 0.6) is 0 Å². The Kier molecular flexibility index (Phi) is 12.2. The molecule has 0 heterocycles. The van der Waals surface area contributed by atoms with Gasteiger partial charge in [-0.1, -0.05) is 49.5 Å². The van der Waals surface area contributed by atoms with Gasteiger partial charge in [-0.3, -0.25) is 0 Å². The molecule has 0 aliphatic carbocycles. The van der Waals surface area contributed by atoms with Crippen LogP contribution in [0.25, 0.3) is 0 Å². The predicted molar refractivity (Wildman–Crippen MR) is 78.4 cm³/mol. The van der Waals surface area contributed by atoms with E-state index in [0.29, 0.717) is 0 Å². The Morgan fingerprint density at radius 2 is 1.50 bits per heavy atom. The van der Waals surface area contributed by atoms with Crippen LogP contribution in [0.2, 0.25) is 0 Å². The van der Waals surface area contributed by atoms with Crippen molar-refractivity contribution >= 4 is 15.9 Å². The summed E-state index contributed by atoms with van der Waals surface area (Å²) < 4.78 is 0. The van der Waals surface area contributed by atoms with Gasteiger partial charge in [0.15, 0.2) is 0 Å². The minimum Gasteiger partial charge on any atom is -0.303 e. The summed E-state index contributed by atoms with van der Waals surface area (Å²) in [7, 11) is 0. The molecule has 0 bridgehead atoms. The van der Waals surface area contributed by atoms with Crippen LogP contribution in [0.3, 0.4) is 0 Å². The van der Waals surface area contributed by atoms with Gasteiger partial charge in [0.2, 0.25) is 0 Å². The Morgan fingerprint density at radius 3 is 1.94 bits per heavy atom. The first kappa shape index (κ1) is 16.4. The molecule has 0 saturated carbocycles. The lowest BCUT2D eigenvalue weighted by Gasteiger charge is -2.23. The molecule has 0 N–H and O–H groups in total. The molecule has 0 amide bonds. The summed E-state index contributed by atoms with van der Waals surface area (Å²) >= 11 is 3.53. The molecule has 0 aliphatic heterocycles. The van der Waals surface area contributed by atoms with Crippen molar-refractivity contribution in [3.05, 3.63) is 0 Å². The summed E-state index contributed by atoms with van der Waals surface area (Å²) in [5, 5.41) is 1.15. The summed E-state index contributed by atoms with van der Waals surface area (Å²) in [4.78, 5) is 2.66. The van der Waals surface area contributed by atoms with Crippen LogP contribution in [-0.4, -0.2) is 29.9 Å². The van der Waals surface area contributed by atoms with Crippen molar-refractivity contribution in [1.29, 1.82) is 0 Å². The van der Waals surface area contributed by atoms with E-state index in [1.807, 2.05) is 0 Å². The Bertz CT molecular complexity index is 131. The molecule has 0 rings (SSSR count). The van der Waals surface area contributed by atoms with Gasteiger partial charge in [-0.2, -0.15) is 0 Å². The van der Waals surface area contributed by atoms with Crippen molar-refractivity contribution < 1.29 is 0 Å². The number of halogens is 1. The van der Waals surface area contributed by atoms with Crippen LogP contribution in [0.15, 0.2) is 0 Å². The van der Waals surface area contributed by atoms with Crippen molar-refractivity contribution in [2.24, 2.45) is 5.92 Å². The van der Waals surface area contributed by atoms with Gasteiger partial charge in [0.1, 0.15) is 0 Å². The normalized spacial score (nSPS) is 13.3. The lowest BCUT2D eigenvalue weighted by molar-refractivity contribution is 0.246. The number of unbranched alkanes of at least 4 members (excludes halogenated alkanes) is 2. The second-order valence-electron chi connectivity index (χ2n) is 4.92. The van der Waals surface area contributed by atoms with E-state index in [2.05, 4.69) is 41.6 Å². The van der Waals surface area contributed by atoms with Crippen LogP contribution in [0.4, 0.5) is 0 Å². The fourth-order valence-corrected chi connectivity index (χ4v) is 2.61. The van der Waals surface area contributed by atoms with Gasteiger partial charge >= 0.3 is 0 Å². The summed E-state index contributed by atoms with van der Waals surface area (Å²) in [5.41, 5.74) is 0. The standard InChI is InChI=1S/C14H30BrN/c1-4-6-11-16(12-7-5-2)13-9-14(3)8-10-15/h14H,4-13H2,1-3H3. The van der Waals surface area contributed by atoms with Gasteiger partial charge in [0.05, 0.1) is 0 Å². The highest BCUT2D eigenvalue weighted by Gasteiger charge is 2.07. The number of hydrogen-bond acceptors (Lipinski definition) is 1. The van der Waals surface area contributed by atoms with Gasteiger partial charge in [-0.05, 0) is 51.2 Å². The summed E-state index contributed by atoms with van der Waals surface area (Å²) in [6.45, 7) is 10.8. The number of rotatable bonds is 11. The molecule has 0 radical (unpaired) electrons. The molecule has 0 aromatic rings. The predicted octanol–water partition coefficient (Wildman–Crippen LogP) is 4.70. The SMILES string of the molecule is CCCCN(CCCC)CCC(C)CCBr. The minimum atomic E-state index is 0.866. The second kappa shape index (κ2) is 11.9. The molecule has 0 saturated heterocycles. The van der Waals surface area contributed by atoms with Gasteiger partial charge in [0, 0.05) is 5.33 Å². The van der Waals surface area contributed by atoms with Gasteiger partial charge in [-0.15, -0.1) is 0 Å². The molecule has 1 unspecified atom stereocenters. The largest absolute Gasteiger partial charge is 0.303 e. The van der Waals surface area contributed by atoms with Crippen LogP contribution in [-0.2, 0) is 0 Å². The van der Waals surface area contributed by atoms with E-state index in [4.69, 9.17) is 0 Å². The molecule has 16 heavy (non-hydrogen) atoms. The van der Waals surface area contributed by atoms with Crippen LogP contribution < -0.4 is 0 Å². The smallest absolute Gasteiger partial charge is 0.00338 e. The van der Waals surface area contributed by atoms with Crippen molar-refractivity contribution in [3.8, 4) is 0 Å². The van der Waals surface area contributed by atoms with E-state index < -0.39 is 0 Å². The monoisotopic (exact) mass is 291 g/mol. The average molecular weight is 292 g/mol. The molecular weight excluding hydrogens is 262 g/mol. The zero-order valence-corrected chi connectivity index (χ0v) is 13.1. The summed E-state index contributed by atoms with van der Waals surface area (Å²) in [5.74, 6) is 0.866. The zero-order chi connectivity index (χ0) is 12.2. The van der Waals surface area contributed by atoms with Crippen molar-refractivity contribution in [3.63, 3.8) is 0 Å².